The summed E-state index contributed by atoms with van der Waals surface area (Å²) >= 11 is 6.25. The van der Waals surface area contributed by atoms with E-state index in [4.69, 9.17) is 26.1 Å². The van der Waals surface area contributed by atoms with Crippen LogP contribution in [-0.4, -0.2) is 44.2 Å². The number of allylic oxidation sites excluding steroid dienone is 2. The van der Waals surface area contributed by atoms with Crippen LogP contribution in [0.15, 0.2) is 101 Å². The second-order valence-electron chi connectivity index (χ2n) is 8.59. The van der Waals surface area contributed by atoms with Gasteiger partial charge in [0, 0.05) is 17.8 Å². The smallest absolute Gasteiger partial charge is 0.266 e. The molecule has 3 aromatic carbocycles. The maximum absolute atomic E-state index is 14.0. The molecule has 5 rings (SSSR count). The fraction of sp³-hybridized carbons (Fsp3) is 0.179. The van der Waals surface area contributed by atoms with Crippen LogP contribution in [0.4, 0.5) is 5.69 Å². The molecule has 0 fully saturated rings. The van der Waals surface area contributed by atoms with Gasteiger partial charge < -0.3 is 14.4 Å². The number of amidine groups is 1. The number of ether oxygens (including phenoxy) is 2. The van der Waals surface area contributed by atoms with Gasteiger partial charge in [-0.15, -0.1) is 0 Å². The summed E-state index contributed by atoms with van der Waals surface area (Å²) in [7, 11) is -0.696. The largest absolute Gasteiger partial charge is 0.497 e. The second-order valence-corrected chi connectivity index (χ2v) is 10.9. The lowest BCUT2D eigenvalue weighted by Crippen LogP contribution is -2.39. The van der Waals surface area contributed by atoms with Crippen molar-refractivity contribution in [3.8, 4) is 11.5 Å². The number of aliphatic imine (C=N–C) groups is 1. The molecule has 190 valence electrons. The van der Waals surface area contributed by atoms with Crippen molar-refractivity contribution >= 4 is 33.1 Å². The Balaban J connectivity index is 1.53. The molecule has 0 spiro atoms. The first-order valence-corrected chi connectivity index (χ1v) is 13.5. The zero-order chi connectivity index (χ0) is 26.0. The van der Waals surface area contributed by atoms with E-state index in [9.17, 15) is 8.42 Å². The Labute approximate surface area is 222 Å². The van der Waals surface area contributed by atoms with Gasteiger partial charge >= 0.3 is 0 Å². The zero-order valence-electron chi connectivity index (χ0n) is 20.5. The molecule has 0 amide bonds. The normalized spacial score (nSPS) is 15.8. The van der Waals surface area contributed by atoms with E-state index in [0.29, 0.717) is 34.5 Å². The van der Waals surface area contributed by atoms with Crippen LogP contribution >= 0.6 is 11.6 Å². The van der Waals surface area contributed by atoms with Gasteiger partial charge in [0.2, 0.25) is 0 Å². The van der Waals surface area contributed by atoms with E-state index < -0.39 is 10.0 Å². The van der Waals surface area contributed by atoms with E-state index in [1.54, 1.807) is 32.4 Å². The summed E-state index contributed by atoms with van der Waals surface area (Å²) in [5.41, 5.74) is 2.77. The Bertz CT molecular complexity index is 1500. The highest BCUT2D eigenvalue weighted by molar-refractivity contribution is 7.89. The number of methoxy groups -OCH3 is 2. The molecule has 3 aromatic rings. The van der Waals surface area contributed by atoms with Crippen LogP contribution in [0.1, 0.15) is 11.1 Å². The molecule has 0 aliphatic carbocycles. The summed E-state index contributed by atoms with van der Waals surface area (Å²) in [5.74, 6) is 2.05. The lowest BCUT2D eigenvalue weighted by atomic mass is 10.1. The molecule has 0 unspecified atom stereocenters. The minimum atomic E-state index is -3.93. The van der Waals surface area contributed by atoms with Crippen molar-refractivity contribution < 1.29 is 17.9 Å². The third-order valence-corrected chi connectivity index (χ3v) is 8.33. The molecule has 0 atom stereocenters. The Morgan fingerprint density at radius 3 is 2.19 bits per heavy atom. The quantitative estimate of drug-likeness (QED) is 0.397. The van der Waals surface area contributed by atoms with Crippen molar-refractivity contribution in [1.82, 2.24) is 9.21 Å². The van der Waals surface area contributed by atoms with Crippen molar-refractivity contribution in [3.05, 3.63) is 107 Å². The highest BCUT2D eigenvalue weighted by atomic mass is 35.5. The number of halogens is 1. The van der Waals surface area contributed by atoms with Crippen LogP contribution in [0.2, 0.25) is 5.02 Å². The molecule has 0 radical (unpaired) electrons. The highest BCUT2D eigenvalue weighted by Crippen LogP contribution is 2.38. The molecule has 37 heavy (non-hydrogen) atoms. The first-order chi connectivity index (χ1) is 17.9. The number of sulfonamides is 1. The van der Waals surface area contributed by atoms with Gasteiger partial charge in [0.25, 0.3) is 10.0 Å². The van der Waals surface area contributed by atoms with Crippen LogP contribution < -0.4 is 9.47 Å². The van der Waals surface area contributed by atoms with Gasteiger partial charge in [-0.25, -0.2) is 13.4 Å². The summed E-state index contributed by atoms with van der Waals surface area (Å²) in [6, 6.07) is 19.9. The average Bonchev–Trinajstić information content (AvgIpc) is 3.00. The van der Waals surface area contributed by atoms with Crippen LogP contribution in [0.3, 0.4) is 0 Å². The molecule has 0 bridgehead atoms. The van der Waals surface area contributed by atoms with Gasteiger partial charge in [-0.1, -0.05) is 35.9 Å². The number of fused-ring (bicyclic) bond motifs is 2. The lowest BCUT2D eigenvalue weighted by molar-refractivity contribution is 0.414. The molecular weight excluding hydrogens is 510 g/mol. The Morgan fingerprint density at radius 1 is 0.892 bits per heavy atom. The maximum atomic E-state index is 14.0. The summed E-state index contributed by atoms with van der Waals surface area (Å²) in [4.78, 5) is 6.93. The van der Waals surface area contributed by atoms with Crippen molar-refractivity contribution in [1.29, 1.82) is 0 Å². The molecule has 0 N–H and O–H groups in total. The molecule has 7 nitrogen and oxygen atoms in total. The average molecular weight is 536 g/mol. The van der Waals surface area contributed by atoms with E-state index in [1.807, 2.05) is 65.7 Å². The van der Waals surface area contributed by atoms with Gasteiger partial charge in [0.05, 0.1) is 32.1 Å². The molecule has 0 saturated heterocycles. The SMILES string of the molecule is COc1ccc(CCN2C=CC=C3C2=Nc2cc(Cl)ccc2S(=O)(=O)N3Cc2ccc(OC)cc2)cc1. The minimum absolute atomic E-state index is 0.114. The van der Waals surface area contributed by atoms with Gasteiger partial charge in [-0.2, -0.15) is 0 Å². The standard InChI is InChI=1S/C28H26ClN3O4S/c1-35-23-10-5-20(6-11-23)15-17-31-16-3-4-26-28(31)30-25-18-22(29)9-14-27(25)37(33,34)32(26)19-21-7-12-24(36-2)13-8-21/h3-14,16,18H,15,17,19H2,1-2H3. The topological polar surface area (TPSA) is 71.4 Å². The first-order valence-electron chi connectivity index (χ1n) is 11.7. The monoisotopic (exact) mass is 535 g/mol. The van der Waals surface area contributed by atoms with Crippen molar-refractivity contribution in [2.45, 2.75) is 17.9 Å². The van der Waals surface area contributed by atoms with Crippen LogP contribution in [0, 0.1) is 0 Å². The van der Waals surface area contributed by atoms with Gasteiger partial charge in [-0.3, -0.25) is 4.31 Å². The van der Waals surface area contributed by atoms with E-state index in [-0.39, 0.29) is 11.4 Å². The summed E-state index contributed by atoms with van der Waals surface area (Å²) < 4.78 is 39.8. The minimum Gasteiger partial charge on any atom is -0.497 e. The van der Waals surface area contributed by atoms with Crippen molar-refractivity contribution in [2.75, 3.05) is 20.8 Å². The fourth-order valence-corrected chi connectivity index (χ4v) is 6.03. The third kappa shape index (κ3) is 5.08. The van der Waals surface area contributed by atoms with E-state index in [0.717, 1.165) is 23.3 Å². The van der Waals surface area contributed by atoms with Gasteiger partial charge in [0.1, 0.15) is 16.4 Å². The Morgan fingerprint density at radius 2 is 1.54 bits per heavy atom. The number of hydrogen-bond donors (Lipinski definition) is 0. The van der Waals surface area contributed by atoms with E-state index in [2.05, 4.69) is 0 Å². The van der Waals surface area contributed by atoms with Crippen molar-refractivity contribution in [3.63, 3.8) is 0 Å². The van der Waals surface area contributed by atoms with Gasteiger partial charge in [-0.05, 0) is 72.2 Å². The predicted molar refractivity (Wildman–Crippen MR) is 145 cm³/mol. The van der Waals surface area contributed by atoms with E-state index in [1.165, 1.54) is 10.4 Å². The van der Waals surface area contributed by atoms with Crippen LogP contribution in [0.5, 0.6) is 11.5 Å². The number of nitrogens with zero attached hydrogens (tertiary/aromatic N) is 3. The van der Waals surface area contributed by atoms with E-state index >= 15 is 0 Å². The maximum Gasteiger partial charge on any atom is 0.266 e. The fourth-order valence-electron chi connectivity index (χ4n) is 4.29. The Kier molecular flexibility index (Phi) is 6.95. The number of rotatable bonds is 7. The molecule has 2 aliphatic heterocycles. The summed E-state index contributed by atoms with van der Waals surface area (Å²) in [5, 5.41) is 0.420. The molecular formula is C28H26ClN3O4S. The Hall–Kier alpha value is -3.75. The molecule has 9 heteroatoms. The van der Waals surface area contributed by atoms with Crippen molar-refractivity contribution in [2.24, 2.45) is 4.99 Å². The highest BCUT2D eigenvalue weighted by Gasteiger charge is 2.36. The van der Waals surface area contributed by atoms with Crippen LogP contribution in [0.25, 0.3) is 0 Å². The first kappa shape index (κ1) is 24.9. The molecule has 2 heterocycles. The second kappa shape index (κ2) is 10.3. The zero-order valence-corrected chi connectivity index (χ0v) is 22.0. The lowest BCUT2D eigenvalue weighted by Gasteiger charge is -2.32. The number of benzene rings is 3. The molecule has 0 saturated carbocycles. The third-order valence-electron chi connectivity index (χ3n) is 6.29. The number of hydrogen-bond acceptors (Lipinski definition) is 6. The summed E-state index contributed by atoms with van der Waals surface area (Å²) in [6.07, 6.45) is 6.28. The molecule has 2 aliphatic rings. The molecule has 0 aromatic heterocycles. The van der Waals surface area contributed by atoms with Crippen LogP contribution in [-0.2, 0) is 23.0 Å². The van der Waals surface area contributed by atoms with Gasteiger partial charge in [0.15, 0.2) is 5.84 Å². The predicted octanol–water partition coefficient (Wildman–Crippen LogP) is 5.55. The summed E-state index contributed by atoms with van der Waals surface area (Å²) in [6.45, 7) is 0.741.